The summed E-state index contributed by atoms with van der Waals surface area (Å²) in [5, 5.41) is 6.46. The Bertz CT molecular complexity index is 586. The van der Waals surface area contributed by atoms with Gasteiger partial charge >= 0.3 is 0 Å². The largest absolute Gasteiger partial charge is 0.381 e. The molecule has 0 aliphatic carbocycles. The van der Waals surface area contributed by atoms with E-state index in [1.54, 1.807) is 12.3 Å². The summed E-state index contributed by atoms with van der Waals surface area (Å²) in [6, 6.07) is 11.3. The first-order chi connectivity index (χ1) is 9.13. The minimum absolute atomic E-state index is 0.0778. The predicted octanol–water partition coefficient (Wildman–Crippen LogP) is 3.31. The van der Waals surface area contributed by atoms with E-state index in [-0.39, 0.29) is 5.91 Å². The third kappa shape index (κ3) is 4.26. The van der Waals surface area contributed by atoms with E-state index in [1.807, 2.05) is 30.3 Å². The Morgan fingerprint density at radius 1 is 1.26 bits per heavy atom. The zero-order chi connectivity index (χ0) is 13.7. The normalized spacial score (nSPS) is 10.0. The first-order valence-electron chi connectivity index (χ1n) is 5.85. The van der Waals surface area contributed by atoms with Crippen LogP contribution < -0.4 is 10.6 Å². The highest BCUT2D eigenvalue weighted by molar-refractivity contribution is 6.29. The van der Waals surface area contributed by atoms with E-state index in [4.69, 9.17) is 11.6 Å². The maximum Gasteiger partial charge on any atom is 0.221 e. The van der Waals surface area contributed by atoms with Crippen LogP contribution in [0.4, 0.5) is 11.4 Å². The maximum absolute atomic E-state index is 11.0. The second-order valence-electron chi connectivity index (χ2n) is 4.10. The van der Waals surface area contributed by atoms with Crippen molar-refractivity contribution in [2.24, 2.45) is 0 Å². The van der Waals surface area contributed by atoms with Crippen LogP contribution in [0.15, 0.2) is 42.6 Å². The molecule has 0 aliphatic heterocycles. The van der Waals surface area contributed by atoms with Crippen molar-refractivity contribution in [2.75, 3.05) is 10.6 Å². The van der Waals surface area contributed by atoms with Crippen LogP contribution in [0.3, 0.4) is 0 Å². The summed E-state index contributed by atoms with van der Waals surface area (Å²) < 4.78 is 0. The molecule has 5 heteroatoms. The summed E-state index contributed by atoms with van der Waals surface area (Å²) >= 11 is 5.81. The smallest absolute Gasteiger partial charge is 0.221 e. The van der Waals surface area contributed by atoms with E-state index >= 15 is 0 Å². The summed E-state index contributed by atoms with van der Waals surface area (Å²) in [4.78, 5) is 14.9. The molecule has 0 fully saturated rings. The molecule has 2 N–H and O–H groups in total. The van der Waals surface area contributed by atoms with Crippen LogP contribution in [0.1, 0.15) is 12.5 Å². The lowest BCUT2D eigenvalue weighted by Crippen LogP contribution is -2.06. The summed E-state index contributed by atoms with van der Waals surface area (Å²) in [5.74, 6) is -0.0778. The monoisotopic (exact) mass is 275 g/mol. The topological polar surface area (TPSA) is 54.0 Å². The lowest BCUT2D eigenvalue weighted by Gasteiger charge is -2.08. The number of rotatable bonds is 4. The van der Waals surface area contributed by atoms with E-state index in [1.165, 1.54) is 6.92 Å². The van der Waals surface area contributed by atoms with Crippen molar-refractivity contribution < 1.29 is 4.79 Å². The quantitative estimate of drug-likeness (QED) is 0.842. The van der Waals surface area contributed by atoms with Crippen LogP contribution >= 0.6 is 11.6 Å². The highest BCUT2D eigenvalue weighted by Crippen LogP contribution is 2.15. The Balaban J connectivity index is 2.01. The van der Waals surface area contributed by atoms with Crippen molar-refractivity contribution in [1.82, 2.24) is 4.98 Å². The molecule has 0 saturated heterocycles. The van der Waals surface area contributed by atoms with Gasteiger partial charge in [0.25, 0.3) is 0 Å². The van der Waals surface area contributed by atoms with Crippen molar-refractivity contribution >= 4 is 28.9 Å². The summed E-state index contributed by atoms with van der Waals surface area (Å²) in [7, 11) is 0. The van der Waals surface area contributed by atoms with Gasteiger partial charge in [-0.1, -0.05) is 23.7 Å². The van der Waals surface area contributed by atoms with Gasteiger partial charge in [-0.05, 0) is 29.8 Å². The molecule has 0 spiro atoms. The zero-order valence-electron chi connectivity index (χ0n) is 10.5. The fraction of sp³-hybridized carbons (Fsp3) is 0.143. The molecule has 0 unspecified atom stereocenters. The molecular formula is C14H14ClN3O. The van der Waals surface area contributed by atoms with Crippen molar-refractivity contribution in [1.29, 1.82) is 0 Å². The molecule has 1 aromatic heterocycles. The molecule has 4 nitrogen and oxygen atoms in total. The van der Waals surface area contributed by atoms with Gasteiger partial charge in [0.2, 0.25) is 5.91 Å². The molecule has 19 heavy (non-hydrogen) atoms. The third-order valence-corrected chi connectivity index (χ3v) is 2.68. The predicted molar refractivity (Wildman–Crippen MR) is 77.3 cm³/mol. The van der Waals surface area contributed by atoms with Gasteiger partial charge in [0.05, 0.1) is 0 Å². The number of hydrogen-bond donors (Lipinski definition) is 2. The Hall–Kier alpha value is -2.07. The molecule has 0 aliphatic rings. The molecule has 1 amide bonds. The standard InChI is InChI=1S/C14H14ClN3O/c1-10(19)18-13-4-2-3-11(7-13)9-17-12-5-6-16-14(15)8-12/h2-8H,9H2,1H3,(H,16,17)(H,18,19). The van der Waals surface area contributed by atoms with Crippen molar-refractivity contribution in [3.63, 3.8) is 0 Å². The van der Waals surface area contributed by atoms with Crippen LogP contribution in [-0.4, -0.2) is 10.9 Å². The SMILES string of the molecule is CC(=O)Nc1cccc(CNc2ccnc(Cl)c2)c1. The Morgan fingerprint density at radius 3 is 2.84 bits per heavy atom. The highest BCUT2D eigenvalue weighted by Gasteiger charge is 1.99. The van der Waals surface area contributed by atoms with Gasteiger partial charge in [-0.25, -0.2) is 4.98 Å². The minimum Gasteiger partial charge on any atom is -0.381 e. The molecule has 1 heterocycles. The van der Waals surface area contributed by atoms with Crippen LogP contribution in [0.25, 0.3) is 0 Å². The van der Waals surface area contributed by atoms with E-state index < -0.39 is 0 Å². The lowest BCUT2D eigenvalue weighted by atomic mass is 10.2. The first-order valence-corrected chi connectivity index (χ1v) is 6.23. The molecule has 0 atom stereocenters. The van der Waals surface area contributed by atoms with Crippen LogP contribution in [0, 0.1) is 0 Å². The number of benzene rings is 1. The average Bonchev–Trinajstić information content (AvgIpc) is 2.36. The summed E-state index contributed by atoms with van der Waals surface area (Å²) in [6.07, 6.45) is 1.65. The van der Waals surface area contributed by atoms with Gasteiger partial charge in [-0.2, -0.15) is 0 Å². The fourth-order valence-corrected chi connectivity index (χ4v) is 1.85. The number of carbonyl (C=O) groups excluding carboxylic acids is 1. The third-order valence-electron chi connectivity index (χ3n) is 2.47. The van der Waals surface area contributed by atoms with Crippen LogP contribution in [0.5, 0.6) is 0 Å². The lowest BCUT2D eigenvalue weighted by molar-refractivity contribution is -0.114. The van der Waals surface area contributed by atoms with Gasteiger partial charge in [-0.15, -0.1) is 0 Å². The fourth-order valence-electron chi connectivity index (χ4n) is 1.68. The molecule has 1 aromatic carbocycles. The number of halogens is 1. The Kier molecular flexibility index (Phi) is 4.36. The van der Waals surface area contributed by atoms with Gasteiger partial charge in [-0.3, -0.25) is 4.79 Å². The van der Waals surface area contributed by atoms with E-state index in [0.29, 0.717) is 11.7 Å². The van der Waals surface area contributed by atoms with Crippen LogP contribution in [0.2, 0.25) is 5.15 Å². The molecule has 0 saturated carbocycles. The second-order valence-corrected chi connectivity index (χ2v) is 4.49. The minimum atomic E-state index is -0.0778. The van der Waals surface area contributed by atoms with Crippen molar-refractivity contribution in [3.8, 4) is 0 Å². The number of carbonyl (C=O) groups is 1. The van der Waals surface area contributed by atoms with Crippen LogP contribution in [-0.2, 0) is 11.3 Å². The summed E-state index contributed by atoms with van der Waals surface area (Å²) in [5.41, 5.74) is 2.77. The van der Waals surface area contributed by atoms with Gasteiger partial charge in [0.15, 0.2) is 0 Å². The maximum atomic E-state index is 11.0. The molecule has 2 aromatic rings. The molecule has 2 rings (SSSR count). The van der Waals surface area contributed by atoms with E-state index in [0.717, 1.165) is 16.9 Å². The Labute approximate surface area is 116 Å². The van der Waals surface area contributed by atoms with E-state index in [9.17, 15) is 4.79 Å². The number of aromatic nitrogens is 1. The number of hydrogen-bond acceptors (Lipinski definition) is 3. The number of nitrogens with zero attached hydrogens (tertiary/aromatic N) is 1. The number of pyridine rings is 1. The van der Waals surface area contributed by atoms with Crippen molar-refractivity contribution in [3.05, 3.63) is 53.3 Å². The van der Waals surface area contributed by atoms with E-state index in [2.05, 4.69) is 15.6 Å². The first kappa shape index (κ1) is 13.4. The molecule has 98 valence electrons. The van der Waals surface area contributed by atoms with Gasteiger partial charge < -0.3 is 10.6 Å². The number of anilines is 2. The van der Waals surface area contributed by atoms with Crippen molar-refractivity contribution in [2.45, 2.75) is 13.5 Å². The van der Waals surface area contributed by atoms with Gasteiger partial charge in [0, 0.05) is 31.0 Å². The summed E-state index contributed by atoms with van der Waals surface area (Å²) in [6.45, 7) is 2.14. The van der Waals surface area contributed by atoms with Gasteiger partial charge in [0.1, 0.15) is 5.15 Å². The average molecular weight is 276 g/mol. The molecular weight excluding hydrogens is 262 g/mol. The number of amides is 1. The Morgan fingerprint density at radius 2 is 2.11 bits per heavy atom. The number of nitrogens with one attached hydrogen (secondary N) is 2. The zero-order valence-corrected chi connectivity index (χ0v) is 11.2. The second kappa shape index (κ2) is 6.20. The highest BCUT2D eigenvalue weighted by atomic mass is 35.5. The molecule has 0 radical (unpaired) electrons. The molecule has 0 bridgehead atoms.